The van der Waals surface area contributed by atoms with Crippen LogP contribution >= 0.6 is 0 Å². The van der Waals surface area contributed by atoms with Gasteiger partial charge in [-0.2, -0.15) is 0 Å². The minimum atomic E-state index is -0.667. The highest BCUT2D eigenvalue weighted by Gasteiger charge is 2.61. The Balaban J connectivity index is 0.000000217. The quantitative estimate of drug-likeness (QED) is 0.0460. The van der Waals surface area contributed by atoms with E-state index in [-0.39, 0.29) is 98.7 Å². The third-order valence-electron chi connectivity index (χ3n) is 32.8. The van der Waals surface area contributed by atoms with Crippen LogP contribution < -0.4 is 0 Å². The molecular formula is C123H184O18. The van der Waals surface area contributed by atoms with Gasteiger partial charge in [-0.05, 0) is 423 Å². The summed E-state index contributed by atoms with van der Waals surface area (Å²) in [4.78, 5) is 104. The summed E-state index contributed by atoms with van der Waals surface area (Å²) in [5, 5.41) is 2.31. The van der Waals surface area contributed by atoms with Crippen LogP contribution in [0.3, 0.4) is 0 Å². The molecule has 3 aromatic carbocycles. The molecular weight excluding hydrogens is 1770 g/mol. The van der Waals surface area contributed by atoms with E-state index in [1.54, 1.807) is 55.4 Å². The van der Waals surface area contributed by atoms with Gasteiger partial charge in [-0.25, -0.2) is 38.4 Å². The summed E-state index contributed by atoms with van der Waals surface area (Å²) in [5.74, 6) is 6.73. The topological polar surface area (TPSA) is 237 Å². The Morgan fingerprint density at radius 2 is 0.610 bits per heavy atom. The van der Waals surface area contributed by atoms with E-state index in [2.05, 4.69) is 119 Å². The van der Waals surface area contributed by atoms with Gasteiger partial charge in [0, 0.05) is 50.0 Å². The monoisotopic (exact) mass is 1950 g/mol. The lowest BCUT2D eigenvalue weighted by atomic mass is 9.46. The Kier molecular flexibility index (Phi) is 43.7. The fourth-order valence-corrected chi connectivity index (χ4v) is 24.7. The maximum absolute atomic E-state index is 12.1. The summed E-state index contributed by atoms with van der Waals surface area (Å²) < 4.78 is 50.3. The maximum Gasteiger partial charge on any atom is 0.333 e. The zero-order valence-electron chi connectivity index (χ0n) is 91.8. The zero-order valence-corrected chi connectivity index (χ0v) is 91.8. The van der Waals surface area contributed by atoms with Crippen molar-refractivity contribution in [2.24, 2.45) is 76.4 Å². The van der Waals surface area contributed by atoms with Crippen molar-refractivity contribution in [1.29, 1.82) is 0 Å². The number of carbonyl (C=O) groups is 9. The Morgan fingerprint density at radius 1 is 0.319 bits per heavy atom. The first-order valence-electron chi connectivity index (χ1n) is 53.7. The lowest BCUT2D eigenvalue weighted by molar-refractivity contribution is -0.213. The average Bonchev–Trinajstić information content (AvgIpc) is 0.776. The summed E-state index contributed by atoms with van der Waals surface area (Å²) in [6.07, 6.45) is 43.3. The molecule has 0 saturated heterocycles. The van der Waals surface area contributed by atoms with Crippen LogP contribution in [0, 0.1) is 76.4 Å². The molecule has 784 valence electrons. The molecule has 3 aromatic rings. The Bertz CT molecular complexity index is 4740. The number of fused-ring (bicyclic) bond motifs is 1. The maximum atomic E-state index is 12.1. The lowest BCUT2D eigenvalue weighted by Crippen LogP contribution is -2.59. The standard InChI is InChI=1S/C17H26O2.C17H18O2.C16H26O2.C15H22O2.C14H24O2.C13H16O2.C12H20O2.C11H18O2.C8H14O2/c1-11(2)15(18)19-16(3,4)17-8-12-5-13(9-17)7-14(6-12)10-17;1-12(2)16(18)19-17(3,4)15-10-9-13-7-5-6-8-14(13)11-15;1-4-16(18-15(17)10(2)3)13-6-11-5-12(8-13)9-14(16)7-11;1-9(2)14(16)17-15(3)12-5-10-4-11(7-12)8-13(15)6-10;1-4-14(16-13(15)12(2)3)10-8-6-5-7-9-11-14;1-10(2)12(14)15-13(3,4)11-8-6-5-7-9-11;1-4-12(8-6-5-7-9-12)14-11(13)10(2)3;1-4-11(7-5-6-8-11)13-10(12)9(2)3;1-6(2)7(9)10-8(3,4)5/h12-14H,1,5-10H2,2-4H3;5-11H,1H2,2-4H3;10-14H,4-9H2,1-3H3;10-13H,1,4-8H2,2-3H3;2,4-11H2,1,3H3;5-9H,1H2,2-4H3;2,4-9H2,1,3H3;2,4-8H2,1,3H3;1H2,2-5H3. The normalized spacial score (nSPS) is 26.5. The third kappa shape index (κ3) is 33.6. The zero-order chi connectivity index (χ0) is 105. The van der Waals surface area contributed by atoms with E-state index in [0.29, 0.717) is 68.3 Å². The molecule has 0 amide bonds. The highest BCUT2D eigenvalue weighted by molar-refractivity contribution is 5.91. The fraction of sp³-hybridized carbons (Fsp3) is 0.667. The van der Waals surface area contributed by atoms with Crippen LogP contribution in [0.4, 0.5) is 0 Å². The number of hydrogen-bond acceptors (Lipinski definition) is 18. The molecule has 12 bridgehead atoms. The van der Waals surface area contributed by atoms with Gasteiger partial charge in [0.1, 0.15) is 50.4 Å². The van der Waals surface area contributed by atoms with Crippen LogP contribution in [-0.2, 0) is 97.0 Å². The number of benzene rings is 3. The van der Waals surface area contributed by atoms with Crippen molar-refractivity contribution in [2.45, 2.75) is 448 Å². The average molecular weight is 1950 g/mol. The molecule has 0 unspecified atom stereocenters. The van der Waals surface area contributed by atoms with Crippen molar-refractivity contribution < 1.29 is 85.8 Å². The van der Waals surface area contributed by atoms with Crippen LogP contribution in [0.1, 0.15) is 408 Å². The Hall–Kier alpha value is -8.93. The van der Waals surface area contributed by atoms with Gasteiger partial charge in [0.15, 0.2) is 0 Å². The summed E-state index contributed by atoms with van der Waals surface area (Å²) in [5.41, 5.74) is 3.08. The molecule has 15 fully saturated rings. The summed E-state index contributed by atoms with van der Waals surface area (Å²) in [6, 6.07) is 23.9. The smallest absolute Gasteiger partial charge is 0.333 e. The van der Waals surface area contributed by atoms with Crippen LogP contribution in [0.15, 0.2) is 170 Å². The minimum absolute atomic E-state index is 0.00520. The molecule has 0 heterocycles. The van der Waals surface area contributed by atoms with E-state index in [0.717, 1.165) is 122 Å². The summed E-state index contributed by atoms with van der Waals surface area (Å²) >= 11 is 0. The largest absolute Gasteiger partial charge is 0.458 e. The number of rotatable bonds is 24. The molecule has 18 heteroatoms. The summed E-state index contributed by atoms with van der Waals surface area (Å²) in [7, 11) is 0. The molecule has 0 aromatic heterocycles. The molecule has 0 radical (unpaired) electrons. The molecule has 15 saturated carbocycles. The molecule has 0 spiro atoms. The first-order valence-corrected chi connectivity index (χ1v) is 53.7. The van der Waals surface area contributed by atoms with Crippen LogP contribution in [-0.4, -0.2) is 92.9 Å². The second-order valence-corrected chi connectivity index (χ2v) is 47.5. The van der Waals surface area contributed by atoms with Crippen molar-refractivity contribution in [2.75, 3.05) is 0 Å². The van der Waals surface area contributed by atoms with E-state index in [9.17, 15) is 43.2 Å². The van der Waals surface area contributed by atoms with Gasteiger partial charge in [-0.1, -0.05) is 187 Å². The minimum Gasteiger partial charge on any atom is -0.458 e. The molecule has 141 heavy (non-hydrogen) atoms. The van der Waals surface area contributed by atoms with E-state index in [1.807, 2.05) is 117 Å². The van der Waals surface area contributed by atoms with Crippen LogP contribution in [0.25, 0.3) is 10.8 Å². The molecule has 0 atom stereocenters. The fourth-order valence-electron chi connectivity index (χ4n) is 24.7. The summed E-state index contributed by atoms with van der Waals surface area (Å²) in [6.45, 7) is 74.2. The molecule has 0 aliphatic heterocycles. The van der Waals surface area contributed by atoms with Crippen molar-refractivity contribution in [3.8, 4) is 0 Å². The SMILES string of the molecule is C=C(C)C(=O)OC(C)(C)C.C=C(C)C(=O)OC(C)(C)C12CC3CC(CC(C3)C1)C2.C=C(C)C(=O)OC(C)(C)c1ccc2ccccc2c1.C=C(C)C(=O)OC(C)(C)c1ccccc1.C=C(C)C(=O)OC1(C)C2CC3CC(C2)CC1C3.C=C(C)C(=O)OC1(CC)CCCC1.C=C(C)C(=O)OC1(CC)CCCCC1.C=C(C)C(=O)OC1(CC)CCCCCCC1.CCC1(OC(=O)C(C)C)C2CC3CC(C2)CC1C3. The van der Waals surface area contributed by atoms with E-state index < -0.39 is 16.8 Å². The van der Waals surface area contributed by atoms with E-state index >= 15 is 0 Å². The first-order chi connectivity index (χ1) is 65.8. The predicted octanol–water partition coefficient (Wildman–Crippen LogP) is 30.4. The van der Waals surface area contributed by atoms with E-state index in [1.165, 1.54) is 172 Å². The van der Waals surface area contributed by atoms with Crippen molar-refractivity contribution in [3.05, 3.63) is 181 Å². The van der Waals surface area contributed by atoms with Crippen LogP contribution in [0.5, 0.6) is 0 Å². The van der Waals surface area contributed by atoms with Crippen molar-refractivity contribution in [1.82, 2.24) is 0 Å². The molecule has 15 aliphatic carbocycles. The Labute approximate surface area is 850 Å². The highest BCUT2D eigenvalue weighted by atomic mass is 16.6. The van der Waals surface area contributed by atoms with Gasteiger partial charge in [0.25, 0.3) is 0 Å². The van der Waals surface area contributed by atoms with Gasteiger partial charge in [-0.15, -0.1) is 0 Å². The Morgan fingerprint density at radius 3 is 0.936 bits per heavy atom. The van der Waals surface area contributed by atoms with Crippen LogP contribution in [0.2, 0.25) is 0 Å². The highest BCUT2D eigenvalue weighted by Crippen LogP contribution is 2.66. The van der Waals surface area contributed by atoms with Gasteiger partial charge in [0.05, 0.1) is 5.92 Å². The third-order valence-corrected chi connectivity index (χ3v) is 32.8. The van der Waals surface area contributed by atoms with Crippen molar-refractivity contribution in [3.63, 3.8) is 0 Å². The predicted molar refractivity (Wildman–Crippen MR) is 568 cm³/mol. The van der Waals surface area contributed by atoms with E-state index in [4.69, 9.17) is 42.6 Å². The number of carbonyl (C=O) groups excluding carboxylic acids is 9. The second kappa shape index (κ2) is 51.7. The first kappa shape index (κ1) is 119. The van der Waals surface area contributed by atoms with Gasteiger partial charge >= 0.3 is 53.7 Å². The molecule has 18 nitrogen and oxygen atoms in total. The van der Waals surface area contributed by atoms with Gasteiger partial charge < -0.3 is 42.6 Å². The molecule has 18 rings (SSSR count). The number of ether oxygens (including phenoxy) is 9. The second-order valence-electron chi connectivity index (χ2n) is 47.5. The lowest BCUT2D eigenvalue weighted by Gasteiger charge is -2.61. The van der Waals surface area contributed by atoms with Gasteiger partial charge in [-0.3, -0.25) is 4.79 Å². The van der Waals surface area contributed by atoms with Crippen molar-refractivity contribution >= 4 is 64.5 Å². The number of esters is 9. The number of hydrogen-bond donors (Lipinski definition) is 0. The molecule has 15 aliphatic rings. The van der Waals surface area contributed by atoms with Gasteiger partial charge in [0.2, 0.25) is 0 Å². The molecule has 0 N–H and O–H groups in total.